The maximum atomic E-state index is 11.5. The molecule has 1 fully saturated rings. The van der Waals surface area contributed by atoms with Gasteiger partial charge in [-0.15, -0.1) is 0 Å². The van der Waals surface area contributed by atoms with E-state index in [9.17, 15) is 4.79 Å². The molecule has 1 atom stereocenters. The van der Waals surface area contributed by atoms with E-state index < -0.39 is 0 Å². The van der Waals surface area contributed by atoms with Crippen molar-refractivity contribution in [3.63, 3.8) is 0 Å². The molecule has 0 spiro atoms. The van der Waals surface area contributed by atoms with Crippen LogP contribution in [-0.2, 0) is 4.79 Å². The van der Waals surface area contributed by atoms with Crippen molar-refractivity contribution in [2.45, 2.75) is 38.8 Å². The minimum absolute atomic E-state index is 0.00254. The molecule has 1 aromatic rings. The van der Waals surface area contributed by atoms with Gasteiger partial charge in [0.2, 0.25) is 5.91 Å². The van der Waals surface area contributed by atoms with Gasteiger partial charge in [-0.2, -0.15) is 0 Å². The van der Waals surface area contributed by atoms with E-state index in [-0.39, 0.29) is 12.0 Å². The second kappa shape index (κ2) is 11.4. The van der Waals surface area contributed by atoms with E-state index in [2.05, 4.69) is 32.8 Å². The number of nitrogens with zero attached hydrogens (tertiary/aromatic N) is 2. The molecule has 7 nitrogen and oxygen atoms in total. The van der Waals surface area contributed by atoms with Gasteiger partial charge in [0.05, 0.1) is 13.1 Å². The van der Waals surface area contributed by atoms with E-state index in [1.165, 1.54) is 0 Å². The Balaban J connectivity index is 1.79. The fraction of sp³-hybridized carbons (Fsp3) is 0.600. The van der Waals surface area contributed by atoms with Gasteiger partial charge < -0.3 is 20.7 Å². The van der Waals surface area contributed by atoms with Gasteiger partial charge in [-0.05, 0) is 38.8 Å². The number of nitrogens with one attached hydrogen (secondary N) is 3. The quantitative estimate of drug-likeness (QED) is 0.470. The predicted octanol–water partition coefficient (Wildman–Crippen LogP) is 1.22. The maximum absolute atomic E-state index is 11.5. The molecule has 1 unspecified atom stereocenters. The van der Waals surface area contributed by atoms with Crippen molar-refractivity contribution in [2.75, 3.05) is 39.8 Å². The summed E-state index contributed by atoms with van der Waals surface area (Å²) in [6.07, 6.45) is 1.99. The van der Waals surface area contributed by atoms with Crippen molar-refractivity contribution in [3.05, 3.63) is 30.3 Å². The van der Waals surface area contributed by atoms with Crippen LogP contribution < -0.4 is 20.7 Å². The Morgan fingerprint density at radius 2 is 2.00 bits per heavy atom. The summed E-state index contributed by atoms with van der Waals surface area (Å²) in [6, 6.07) is 10.2. The van der Waals surface area contributed by atoms with Crippen LogP contribution in [0.5, 0.6) is 5.75 Å². The standard InChI is InChI=1S/C20H33N5O2/c1-4-22-20(23-14-16(2)27-18-8-6-5-7-9-18)24-17-10-12-25(13-11-17)15-19(26)21-3/h5-9,16-17H,4,10-15H2,1-3H3,(H,21,26)(H2,22,23,24). The molecule has 1 saturated heterocycles. The number of guanidine groups is 1. The zero-order valence-corrected chi connectivity index (χ0v) is 16.7. The third kappa shape index (κ3) is 7.86. The van der Waals surface area contributed by atoms with Crippen LogP contribution in [0.3, 0.4) is 0 Å². The lowest BCUT2D eigenvalue weighted by molar-refractivity contribution is -0.122. The average Bonchev–Trinajstić information content (AvgIpc) is 2.68. The summed E-state index contributed by atoms with van der Waals surface area (Å²) in [5.74, 6) is 1.76. The van der Waals surface area contributed by atoms with E-state index in [1.807, 2.05) is 37.3 Å². The minimum Gasteiger partial charge on any atom is -0.489 e. The molecule has 3 N–H and O–H groups in total. The lowest BCUT2D eigenvalue weighted by Crippen LogP contribution is -2.50. The molecule has 0 aliphatic carbocycles. The number of amides is 1. The molecule has 0 aromatic heterocycles. The second-order valence-corrected chi connectivity index (χ2v) is 6.83. The molecule has 1 aliphatic heterocycles. The number of rotatable bonds is 8. The van der Waals surface area contributed by atoms with Crippen molar-refractivity contribution in [1.29, 1.82) is 0 Å². The number of ether oxygens (including phenoxy) is 1. The number of likely N-dealkylation sites (N-methyl/N-ethyl adjacent to an activating group) is 1. The first-order chi connectivity index (χ1) is 13.1. The van der Waals surface area contributed by atoms with Crippen molar-refractivity contribution in [1.82, 2.24) is 20.9 Å². The fourth-order valence-electron chi connectivity index (χ4n) is 3.02. The SMILES string of the molecule is CCNC(=NCC(C)Oc1ccccc1)NC1CCN(CC(=O)NC)CC1. The van der Waals surface area contributed by atoms with Crippen LogP contribution in [0.25, 0.3) is 0 Å². The van der Waals surface area contributed by atoms with Gasteiger partial charge in [0.15, 0.2) is 5.96 Å². The van der Waals surface area contributed by atoms with Crippen LogP contribution in [0.4, 0.5) is 0 Å². The third-order valence-electron chi connectivity index (χ3n) is 4.51. The van der Waals surface area contributed by atoms with Crippen LogP contribution in [0, 0.1) is 0 Å². The lowest BCUT2D eigenvalue weighted by atomic mass is 10.1. The highest BCUT2D eigenvalue weighted by Crippen LogP contribution is 2.11. The molecule has 0 saturated carbocycles. The highest BCUT2D eigenvalue weighted by atomic mass is 16.5. The monoisotopic (exact) mass is 375 g/mol. The number of carbonyl (C=O) groups excluding carboxylic acids is 1. The summed E-state index contributed by atoms with van der Waals surface area (Å²) in [4.78, 5) is 18.4. The normalized spacial score (nSPS) is 17.2. The van der Waals surface area contributed by atoms with Crippen LogP contribution in [0.15, 0.2) is 35.3 Å². The molecule has 150 valence electrons. The van der Waals surface area contributed by atoms with Gasteiger partial charge in [0.25, 0.3) is 0 Å². The Bertz CT molecular complexity index is 585. The van der Waals surface area contributed by atoms with Gasteiger partial charge in [-0.1, -0.05) is 18.2 Å². The molecule has 1 heterocycles. The van der Waals surface area contributed by atoms with Gasteiger partial charge in [-0.3, -0.25) is 9.69 Å². The van der Waals surface area contributed by atoms with Crippen molar-refractivity contribution >= 4 is 11.9 Å². The van der Waals surface area contributed by atoms with E-state index in [0.29, 0.717) is 19.1 Å². The number of para-hydroxylation sites is 1. The second-order valence-electron chi connectivity index (χ2n) is 6.83. The average molecular weight is 376 g/mol. The van der Waals surface area contributed by atoms with E-state index in [1.54, 1.807) is 7.05 Å². The molecule has 2 rings (SSSR count). The van der Waals surface area contributed by atoms with Crippen LogP contribution in [0.1, 0.15) is 26.7 Å². The summed E-state index contributed by atoms with van der Waals surface area (Å²) in [5.41, 5.74) is 0. The highest BCUT2D eigenvalue weighted by Gasteiger charge is 2.21. The van der Waals surface area contributed by atoms with Gasteiger partial charge in [0.1, 0.15) is 11.9 Å². The fourth-order valence-corrected chi connectivity index (χ4v) is 3.02. The molecule has 7 heteroatoms. The Morgan fingerprint density at radius 1 is 1.30 bits per heavy atom. The van der Waals surface area contributed by atoms with Crippen LogP contribution >= 0.6 is 0 Å². The Morgan fingerprint density at radius 3 is 2.63 bits per heavy atom. The van der Waals surface area contributed by atoms with Crippen LogP contribution in [0.2, 0.25) is 0 Å². The van der Waals surface area contributed by atoms with Gasteiger partial charge in [-0.25, -0.2) is 4.99 Å². The van der Waals surface area contributed by atoms with E-state index in [0.717, 1.165) is 44.2 Å². The molecular weight excluding hydrogens is 342 g/mol. The zero-order valence-electron chi connectivity index (χ0n) is 16.7. The summed E-state index contributed by atoms with van der Waals surface area (Å²) in [7, 11) is 1.68. The summed E-state index contributed by atoms with van der Waals surface area (Å²) in [5, 5.41) is 9.51. The van der Waals surface area contributed by atoms with Crippen molar-refractivity contribution < 1.29 is 9.53 Å². The number of likely N-dealkylation sites (tertiary alicyclic amines) is 1. The van der Waals surface area contributed by atoms with Gasteiger partial charge >= 0.3 is 0 Å². The predicted molar refractivity (Wildman–Crippen MR) is 109 cm³/mol. The number of aliphatic imine (C=N–C) groups is 1. The number of hydrogen-bond acceptors (Lipinski definition) is 4. The number of benzene rings is 1. The maximum Gasteiger partial charge on any atom is 0.233 e. The first kappa shape index (κ1) is 21.0. The highest BCUT2D eigenvalue weighted by molar-refractivity contribution is 5.80. The molecular formula is C20H33N5O2. The number of hydrogen-bond donors (Lipinski definition) is 3. The topological polar surface area (TPSA) is 78.0 Å². The molecule has 27 heavy (non-hydrogen) atoms. The number of piperidine rings is 1. The van der Waals surface area contributed by atoms with Crippen LogP contribution in [-0.4, -0.2) is 68.7 Å². The molecule has 1 amide bonds. The smallest absolute Gasteiger partial charge is 0.233 e. The zero-order chi connectivity index (χ0) is 19.5. The molecule has 1 aromatic carbocycles. The number of carbonyl (C=O) groups is 1. The third-order valence-corrected chi connectivity index (χ3v) is 4.51. The Hall–Kier alpha value is -2.28. The first-order valence-electron chi connectivity index (χ1n) is 9.80. The largest absolute Gasteiger partial charge is 0.489 e. The first-order valence-corrected chi connectivity index (χ1v) is 9.80. The molecule has 0 radical (unpaired) electrons. The van der Waals surface area contributed by atoms with E-state index >= 15 is 0 Å². The molecule has 1 aliphatic rings. The van der Waals surface area contributed by atoms with Gasteiger partial charge in [0, 0.05) is 32.7 Å². The van der Waals surface area contributed by atoms with Crippen molar-refractivity contribution in [2.24, 2.45) is 4.99 Å². The Kier molecular flexibility index (Phi) is 8.91. The Labute approximate surface area is 162 Å². The minimum atomic E-state index is -0.00254. The lowest BCUT2D eigenvalue weighted by Gasteiger charge is -2.32. The summed E-state index contributed by atoms with van der Waals surface area (Å²) >= 11 is 0. The summed E-state index contributed by atoms with van der Waals surface area (Å²) < 4.78 is 5.89. The summed E-state index contributed by atoms with van der Waals surface area (Å²) in [6.45, 7) is 7.79. The molecule has 0 bridgehead atoms. The van der Waals surface area contributed by atoms with Crippen molar-refractivity contribution in [3.8, 4) is 5.75 Å². The van der Waals surface area contributed by atoms with E-state index in [4.69, 9.17) is 4.74 Å².